The number of nitrogens with zero attached hydrogens (tertiary/aromatic N) is 1. The molecular weight excluding hydrogens is 204 g/mol. The van der Waals surface area contributed by atoms with Crippen molar-refractivity contribution in [2.45, 2.75) is 24.5 Å². The average molecular weight is 224 g/mol. The summed E-state index contributed by atoms with van der Waals surface area (Å²) in [6, 6.07) is 0. The molecule has 0 saturated carbocycles. The molecule has 3 heteroatoms. The maximum Gasteiger partial charge on any atom is 0.0657 e. The molecule has 0 amide bonds. The highest BCUT2D eigenvalue weighted by Gasteiger charge is 2.11. The lowest BCUT2D eigenvalue weighted by atomic mass is 10.2. The van der Waals surface area contributed by atoms with Crippen molar-refractivity contribution in [1.82, 2.24) is 10.2 Å². The van der Waals surface area contributed by atoms with Crippen LogP contribution >= 0.6 is 11.8 Å². The molecule has 0 aromatic carbocycles. The fraction of sp³-hybridized carbons (Fsp3) is 0.833. The molecule has 0 radical (unpaired) electrons. The van der Waals surface area contributed by atoms with Gasteiger partial charge in [0.15, 0.2) is 0 Å². The fourth-order valence-electron chi connectivity index (χ4n) is 2.00. The molecule has 2 saturated heterocycles. The summed E-state index contributed by atoms with van der Waals surface area (Å²) in [4.78, 5) is 2.44. The van der Waals surface area contributed by atoms with Crippen molar-refractivity contribution in [3.8, 4) is 11.8 Å². The van der Waals surface area contributed by atoms with E-state index in [4.69, 9.17) is 0 Å². The molecule has 2 heterocycles. The molecule has 0 spiro atoms. The Labute approximate surface area is 97.2 Å². The van der Waals surface area contributed by atoms with Gasteiger partial charge in [-0.2, -0.15) is 0 Å². The van der Waals surface area contributed by atoms with Gasteiger partial charge in [0.1, 0.15) is 0 Å². The summed E-state index contributed by atoms with van der Waals surface area (Å²) in [6.45, 7) is 5.54. The van der Waals surface area contributed by atoms with Crippen molar-refractivity contribution in [2.24, 2.45) is 0 Å². The zero-order chi connectivity index (χ0) is 10.3. The first-order valence-corrected chi connectivity index (χ1v) is 7.03. The minimum atomic E-state index is 0.627. The molecule has 15 heavy (non-hydrogen) atoms. The highest BCUT2D eigenvalue weighted by Crippen LogP contribution is 2.23. The summed E-state index contributed by atoms with van der Waals surface area (Å²) in [7, 11) is 0. The van der Waals surface area contributed by atoms with Crippen LogP contribution in [0.4, 0.5) is 0 Å². The molecule has 0 aliphatic carbocycles. The first-order valence-electron chi connectivity index (χ1n) is 5.98. The topological polar surface area (TPSA) is 15.3 Å². The lowest BCUT2D eigenvalue weighted by Gasteiger charge is -2.25. The molecule has 84 valence electrons. The van der Waals surface area contributed by atoms with Gasteiger partial charge >= 0.3 is 0 Å². The number of nitrogens with one attached hydrogen (secondary N) is 1. The van der Waals surface area contributed by atoms with Crippen LogP contribution in [0.2, 0.25) is 0 Å². The van der Waals surface area contributed by atoms with Gasteiger partial charge in [-0.25, -0.2) is 0 Å². The quantitative estimate of drug-likeness (QED) is 0.673. The summed E-state index contributed by atoms with van der Waals surface area (Å²) < 4.78 is 0. The Balaban J connectivity index is 1.68. The Morgan fingerprint density at radius 3 is 2.87 bits per heavy atom. The maximum atomic E-state index is 3.42. The van der Waals surface area contributed by atoms with Crippen LogP contribution in [0.3, 0.4) is 0 Å². The third kappa shape index (κ3) is 4.06. The lowest BCUT2D eigenvalue weighted by molar-refractivity contribution is 0.268. The van der Waals surface area contributed by atoms with Crippen molar-refractivity contribution >= 4 is 11.8 Å². The van der Waals surface area contributed by atoms with Crippen molar-refractivity contribution < 1.29 is 0 Å². The molecule has 2 nitrogen and oxygen atoms in total. The largest absolute Gasteiger partial charge is 0.314 e. The molecule has 2 rings (SSSR count). The maximum absolute atomic E-state index is 3.42. The van der Waals surface area contributed by atoms with Gasteiger partial charge in [0.05, 0.1) is 11.8 Å². The smallest absolute Gasteiger partial charge is 0.0657 e. The monoisotopic (exact) mass is 224 g/mol. The van der Waals surface area contributed by atoms with Crippen molar-refractivity contribution in [3.63, 3.8) is 0 Å². The lowest BCUT2D eigenvalue weighted by Crippen LogP contribution is -2.43. The second-order valence-corrected chi connectivity index (χ2v) is 5.51. The molecule has 0 bridgehead atoms. The first kappa shape index (κ1) is 11.3. The van der Waals surface area contributed by atoms with E-state index >= 15 is 0 Å². The van der Waals surface area contributed by atoms with Crippen LogP contribution in [0.15, 0.2) is 0 Å². The molecule has 2 aliphatic heterocycles. The van der Waals surface area contributed by atoms with Crippen molar-refractivity contribution in [1.29, 1.82) is 0 Å². The van der Waals surface area contributed by atoms with Gasteiger partial charge in [0.25, 0.3) is 0 Å². The number of hydrogen-bond acceptors (Lipinski definition) is 3. The predicted octanol–water partition coefficient (Wildman–Crippen LogP) is 1.18. The van der Waals surface area contributed by atoms with Crippen LogP contribution in [0.5, 0.6) is 0 Å². The van der Waals surface area contributed by atoms with Crippen LogP contribution in [-0.2, 0) is 0 Å². The first-order chi connectivity index (χ1) is 7.45. The Morgan fingerprint density at radius 2 is 2.13 bits per heavy atom. The van der Waals surface area contributed by atoms with Gasteiger partial charge in [0, 0.05) is 26.2 Å². The van der Waals surface area contributed by atoms with Crippen LogP contribution in [-0.4, -0.2) is 48.6 Å². The summed E-state index contributed by atoms with van der Waals surface area (Å²) in [5, 5.41) is 3.99. The zero-order valence-corrected chi connectivity index (χ0v) is 10.1. The Bertz CT molecular complexity index is 232. The zero-order valence-electron chi connectivity index (χ0n) is 9.30. The third-order valence-corrected chi connectivity index (χ3v) is 4.24. The Hall–Kier alpha value is -0.170. The molecule has 1 N–H and O–H groups in total. The van der Waals surface area contributed by atoms with E-state index in [2.05, 4.69) is 22.1 Å². The van der Waals surface area contributed by atoms with Crippen LogP contribution in [0, 0.1) is 11.8 Å². The van der Waals surface area contributed by atoms with Crippen LogP contribution in [0.25, 0.3) is 0 Å². The molecule has 1 atom stereocenters. The number of rotatable bonds is 1. The highest BCUT2D eigenvalue weighted by atomic mass is 32.2. The van der Waals surface area contributed by atoms with Gasteiger partial charge in [-0.15, -0.1) is 11.8 Å². The molecular formula is C12H20N2S. The molecule has 2 aliphatic rings. The summed E-state index contributed by atoms with van der Waals surface area (Å²) in [6.07, 6.45) is 4.07. The average Bonchev–Trinajstić information content (AvgIpc) is 2.32. The van der Waals surface area contributed by atoms with Gasteiger partial charge in [-0.1, -0.05) is 18.3 Å². The highest BCUT2D eigenvalue weighted by molar-refractivity contribution is 8.00. The summed E-state index contributed by atoms with van der Waals surface area (Å²) in [5.74, 6) is 8.08. The van der Waals surface area contributed by atoms with E-state index in [9.17, 15) is 0 Å². The summed E-state index contributed by atoms with van der Waals surface area (Å²) in [5.41, 5.74) is 0. The van der Waals surface area contributed by atoms with E-state index in [0.29, 0.717) is 5.25 Å². The minimum absolute atomic E-state index is 0.627. The number of thioether (sulfide) groups is 1. The van der Waals surface area contributed by atoms with E-state index < -0.39 is 0 Å². The minimum Gasteiger partial charge on any atom is -0.314 e. The van der Waals surface area contributed by atoms with Crippen molar-refractivity contribution in [3.05, 3.63) is 0 Å². The van der Waals surface area contributed by atoms with E-state index in [1.165, 1.54) is 25.0 Å². The van der Waals surface area contributed by atoms with Gasteiger partial charge in [-0.05, 0) is 18.6 Å². The van der Waals surface area contributed by atoms with E-state index in [0.717, 1.165) is 32.7 Å². The molecule has 0 aromatic rings. The van der Waals surface area contributed by atoms with Gasteiger partial charge < -0.3 is 5.32 Å². The van der Waals surface area contributed by atoms with Crippen LogP contribution < -0.4 is 5.32 Å². The molecule has 1 unspecified atom stereocenters. The predicted molar refractivity (Wildman–Crippen MR) is 67.2 cm³/mol. The van der Waals surface area contributed by atoms with Gasteiger partial charge in [0.2, 0.25) is 0 Å². The number of hydrogen-bond donors (Lipinski definition) is 1. The van der Waals surface area contributed by atoms with Crippen molar-refractivity contribution in [2.75, 3.05) is 38.5 Å². The SMILES string of the molecule is C(#CC1CCCCS1)CN1CCNCC1. The molecule has 0 aromatic heterocycles. The van der Waals surface area contributed by atoms with E-state index in [-0.39, 0.29) is 0 Å². The fourth-order valence-corrected chi connectivity index (χ4v) is 3.15. The Kier molecular flexibility index (Phi) is 4.85. The second kappa shape index (κ2) is 6.42. The Morgan fingerprint density at radius 1 is 1.27 bits per heavy atom. The third-order valence-electron chi connectivity index (χ3n) is 2.96. The second-order valence-electron chi connectivity index (χ2n) is 4.20. The standard InChI is InChI=1S/C12H20N2S/c1-2-11-15-12(4-1)5-3-8-14-9-6-13-7-10-14/h12-13H,1-2,4,6-11H2. The van der Waals surface area contributed by atoms with Gasteiger partial charge in [-0.3, -0.25) is 4.90 Å². The number of piperazine rings is 1. The normalized spacial score (nSPS) is 28.1. The van der Waals surface area contributed by atoms with Crippen LogP contribution in [0.1, 0.15) is 19.3 Å². The summed E-state index contributed by atoms with van der Waals surface area (Å²) >= 11 is 2.05. The van der Waals surface area contributed by atoms with E-state index in [1.807, 2.05) is 11.8 Å². The molecule has 2 fully saturated rings. The van der Waals surface area contributed by atoms with E-state index in [1.54, 1.807) is 0 Å².